The van der Waals surface area contributed by atoms with Gasteiger partial charge in [-0.1, -0.05) is 12.1 Å². The number of halogens is 2. The van der Waals surface area contributed by atoms with Crippen molar-refractivity contribution in [3.05, 3.63) is 69.8 Å². The van der Waals surface area contributed by atoms with Crippen LogP contribution >= 0.6 is 0 Å². The lowest BCUT2D eigenvalue weighted by molar-refractivity contribution is -0.122. The van der Waals surface area contributed by atoms with Crippen LogP contribution in [0.4, 0.5) is 8.78 Å². The molecule has 0 bridgehead atoms. The second-order valence-corrected chi connectivity index (χ2v) is 5.84. The van der Waals surface area contributed by atoms with E-state index in [1.807, 2.05) is 13.0 Å². The standard InChI is InChI=1S/C17H16F2N4O2/c1-10-3-6-15-21-23(17(25)22(15)8-10)9-16(24)20-11(2)12-4-5-13(18)14(19)7-12/h3-8,11H,9H2,1-2H3,(H,20,24)/t11-/m0/s1. The Morgan fingerprint density at radius 1 is 1.24 bits per heavy atom. The van der Waals surface area contributed by atoms with Gasteiger partial charge in [0.05, 0.1) is 6.04 Å². The number of fused-ring (bicyclic) bond motifs is 1. The third-order valence-electron chi connectivity index (χ3n) is 3.84. The summed E-state index contributed by atoms with van der Waals surface area (Å²) in [6.07, 6.45) is 1.64. The van der Waals surface area contributed by atoms with E-state index >= 15 is 0 Å². The molecule has 0 aliphatic carbocycles. The molecule has 130 valence electrons. The SMILES string of the molecule is Cc1ccc2nn(CC(=O)N[C@@H](C)c3ccc(F)c(F)c3)c(=O)n2c1. The molecule has 0 saturated carbocycles. The predicted molar refractivity (Wildman–Crippen MR) is 87.1 cm³/mol. The van der Waals surface area contributed by atoms with Gasteiger partial charge < -0.3 is 5.32 Å². The van der Waals surface area contributed by atoms with Gasteiger partial charge in [-0.15, -0.1) is 5.10 Å². The lowest BCUT2D eigenvalue weighted by Gasteiger charge is -2.14. The number of pyridine rings is 1. The van der Waals surface area contributed by atoms with Crippen molar-refractivity contribution in [3.63, 3.8) is 0 Å². The Balaban J connectivity index is 1.75. The fourth-order valence-corrected chi connectivity index (χ4v) is 2.52. The van der Waals surface area contributed by atoms with Gasteiger partial charge in [-0.3, -0.25) is 9.20 Å². The van der Waals surface area contributed by atoms with Gasteiger partial charge in [-0.25, -0.2) is 18.3 Å². The Kier molecular flexibility index (Phi) is 4.35. The number of aromatic nitrogens is 3. The highest BCUT2D eigenvalue weighted by Gasteiger charge is 2.15. The average molecular weight is 346 g/mol. The molecule has 6 nitrogen and oxygen atoms in total. The molecule has 2 aromatic heterocycles. The number of hydrogen-bond donors (Lipinski definition) is 1. The van der Waals surface area contributed by atoms with Crippen molar-refractivity contribution in [2.45, 2.75) is 26.4 Å². The first-order valence-electron chi connectivity index (χ1n) is 7.65. The number of benzene rings is 1. The van der Waals surface area contributed by atoms with Gasteiger partial charge in [0, 0.05) is 6.20 Å². The zero-order chi connectivity index (χ0) is 18.1. The van der Waals surface area contributed by atoms with Crippen LogP contribution in [0.25, 0.3) is 5.65 Å². The maximum Gasteiger partial charge on any atom is 0.350 e. The number of carbonyl (C=O) groups excluding carboxylic acids is 1. The molecule has 0 aliphatic heterocycles. The molecule has 0 fully saturated rings. The lowest BCUT2D eigenvalue weighted by Crippen LogP contribution is -2.34. The highest BCUT2D eigenvalue weighted by molar-refractivity contribution is 5.76. The minimum absolute atomic E-state index is 0.270. The van der Waals surface area contributed by atoms with Gasteiger partial charge in [-0.2, -0.15) is 0 Å². The van der Waals surface area contributed by atoms with Crippen LogP contribution < -0.4 is 11.0 Å². The van der Waals surface area contributed by atoms with E-state index in [0.717, 1.165) is 22.4 Å². The number of amides is 1. The molecule has 25 heavy (non-hydrogen) atoms. The van der Waals surface area contributed by atoms with Crippen LogP contribution in [0.3, 0.4) is 0 Å². The summed E-state index contributed by atoms with van der Waals surface area (Å²) in [5.74, 6) is -2.39. The molecule has 1 aromatic carbocycles. The van der Waals surface area contributed by atoms with Crippen molar-refractivity contribution < 1.29 is 13.6 Å². The van der Waals surface area contributed by atoms with Crippen molar-refractivity contribution in [1.29, 1.82) is 0 Å². The molecular formula is C17H16F2N4O2. The fraction of sp³-hybridized carbons (Fsp3) is 0.235. The van der Waals surface area contributed by atoms with Crippen LogP contribution in [0.2, 0.25) is 0 Å². The van der Waals surface area contributed by atoms with E-state index in [2.05, 4.69) is 10.4 Å². The smallest absolute Gasteiger partial charge is 0.348 e. The fourth-order valence-electron chi connectivity index (χ4n) is 2.52. The summed E-state index contributed by atoms with van der Waals surface area (Å²) < 4.78 is 28.7. The molecule has 0 spiro atoms. The largest absolute Gasteiger partial charge is 0.350 e. The van der Waals surface area contributed by atoms with E-state index < -0.39 is 29.3 Å². The van der Waals surface area contributed by atoms with Crippen LogP contribution in [-0.4, -0.2) is 20.1 Å². The predicted octanol–water partition coefficient (Wildman–Crippen LogP) is 1.96. The van der Waals surface area contributed by atoms with Gasteiger partial charge >= 0.3 is 5.69 Å². The number of nitrogens with one attached hydrogen (secondary N) is 1. The Morgan fingerprint density at radius 3 is 2.72 bits per heavy atom. The second-order valence-electron chi connectivity index (χ2n) is 5.84. The molecule has 1 atom stereocenters. The second kappa shape index (κ2) is 6.46. The molecule has 3 rings (SSSR count). The van der Waals surface area contributed by atoms with Gasteiger partial charge in [-0.05, 0) is 43.2 Å². The van der Waals surface area contributed by atoms with Gasteiger partial charge in [0.25, 0.3) is 0 Å². The molecule has 3 aromatic rings. The quantitative estimate of drug-likeness (QED) is 0.785. The minimum atomic E-state index is -0.981. The molecule has 0 aliphatic rings. The number of rotatable bonds is 4. The lowest BCUT2D eigenvalue weighted by atomic mass is 10.1. The summed E-state index contributed by atoms with van der Waals surface area (Å²) in [5.41, 5.74) is 1.34. The van der Waals surface area contributed by atoms with Crippen LogP contribution in [0.15, 0.2) is 41.3 Å². The molecule has 1 amide bonds. The normalized spacial score (nSPS) is 12.3. The van der Waals surface area contributed by atoms with Gasteiger partial charge in [0.2, 0.25) is 5.91 Å². The highest BCUT2D eigenvalue weighted by atomic mass is 19.2. The van der Waals surface area contributed by atoms with Crippen molar-refractivity contribution in [2.24, 2.45) is 0 Å². The van der Waals surface area contributed by atoms with E-state index in [-0.39, 0.29) is 6.54 Å². The maximum atomic E-state index is 13.3. The number of nitrogens with zero attached hydrogens (tertiary/aromatic N) is 3. The summed E-state index contributed by atoms with van der Waals surface area (Å²) in [5, 5.41) is 6.73. The minimum Gasteiger partial charge on any atom is -0.348 e. The summed E-state index contributed by atoms with van der Waals surface area (Å²) in [6, 6.07) is 6.38. The maximum absolute atomic E-state index is 13.3. The van der Waals surface area contributed by atoms with E-state index in [1.165, 1.54) is 10.5 Å². The Morgan fingerprint density at radius 2 is 2.00 bits per heavy atom. The van der Waals surface area contributed by atoms with E-state index in [9.17, 15) is 18.4 Å². The number of carbonyl (C=O) groups is 1. The topological polar surface area (TPSA) is 68.4 Å². The highest BCUT2D eigenvalue weighted by Crippen LogP contribution is 2.15. The van der Waals surface area contributed by atoms with Crippen LogP contribution in [0.1, 0.15) is 24.1 Å². The molecule has 8 heteroatoms. The summed E-state index contributed by atoms with van der Waals surface area (Å²) >= 11 is 0. The zero-order valence-corrected chi connectivity index (χ0v) is 13.7. The molecule has 2 heterocycles. The molecular weight excluding hydrogens is 330 g/mol. The Labute approximate surface area is 141 Å². The van der Waals surface area contributed by atoms with Crippen molar-refractivity contribution >= 4 is 11.6 Å². The summed E-state index contributed by atoms with van der Waals surface area (Å²) in [4.78, 5) is 24.4. The molecule has 1 N–H and O–H groups in total. The third kappa shape index (κ3) is 3.42. The molecule has 0 saturated heterocycles. The third-order valence-corrected chi connectivity index (χ3v) is 3.84. The van der Waals surface area contributed by atoms with Crippen molar-refractivity contribution in [1.82, 2.24) is 19.5 Å². The van der Waals surface area contributed by atoms with E-state index in [4.69, 9.17) is 0 Å². The summed E-state index contributed by atoms with van der Waals surface area (Å²) in [7, 11) is 0. The van der Waals surface area contributed by atoms with Crippen molar-refractivity contribution in [2.75, 3.05) is 0 Å². The van der Waals surface area contributed by atoms with Gasteiger partial charge in [0.15, 0.2) is 17.3 Å². The monoisotopic (exact) mass is 346 g/mol. The average Bonchev–Trinajstić information content (AvgIpc) is 2.86. The van der Waals surface area contributed by atoms with Crippen LogP contribution in [-0.2, 0) is 11.3 Å². The number of hydrogen-bond acceptors (Lipinski definition) is 3. The summed E-state index contributed by atoms with van der Waals surface area (Å²) in [6.45, 7) is 3.22. The zero-order valence-electron chi connectivity index (χ0n) is 13.7. The molecule has 0 unspecified atom stereocenters. The van der Waals surface area contributed by atoms with Gasteiger partial charge in [0.1, 0.15) is 6.54 Å². The van der Waals surface area contributed by atoms with Crippen molar-refractivity contribution in [3.8, 4) is 0 Å². The van der Waals surface area contributed by atoms with Crippen LogP contribution in [0.5, 0.6) is 0 Å². The first-order valence-corrected chi connectivity index (χ1v) is 7.65. The molecule has 0 radical (unpaired) electrons. The Bertz CT molecular complexity index is 1010. The van der Waals surface area contributed by atoms with E-state index in [1.54, 1.807) is 19.2 Å². The first-order chi connectivity index (χ1) is 11.8. The Hall–Kier alpha value is -3.03. The van der Waals surface area contributed by atoms with Crippen LogP contribution in [0, 0.1) is 18.6 Å². The first kappa shape index (κ1) is 16.8. The number of aryl methyl sites for hydroxylation is 1. The van der Waals surface area contributed by atoms with E-state index in [0.29, 0.717) is 11.2 Å².